The third-order valence-electron chi connectivity index (χ3n) is 11.0. The number of hydrogen-bond donors (Lipinski definition) is 1. The van der Waals surface area contributed by atoms with Gasteiger partial charge in [-0.2, -0.15) is 0 Å². The van der Waals surface area contributed by atoms with Crippen LogP contribution in [0.1, 0.15) is 93.4 Å². The lowest BCUT2D eigenvalue weighted by atomic mass is 9.46. The van der Waals surface area contributed by atoms with Gasteiger partial charge >= 0.3 is 5.97 Å². The molecule has 3 saturated carbocycles. The zero-order chi connectivity index (χ0) is 25.8. The van der Waals surface area contributed by atoms with Crippen LogP contribution in [0.25, 0.3) is 0 Å². The summed E-state index contributed by atoms with van der Waals surface area (Å²) in [4.78, 5) is 30.7. The minimum Gasteiger partial charge on any atom is -0.463 e. The van der Waals surface area contributed by atoms with Gasteiger partial charge in [0, 0.05) is 18.3 Å². The van der Waals surface area contributed by atoms with Crippen molar-refractivity contribution in [1.82, 2.24) is 0 Å². The molecule has 5 heteroatoms. The van der Waals surface area contributed by atoms with Crippen LogP contribution in [0.15, 0.2) is 23.8 Å². The van der Waals surface area contributed by atoms with Crippen molar-refractivity contribution in [3.05, 3.63) is 23.8 Å². The van der Waals surface area contributed by atoms with Crippen molar-refractivity contribution in [2.45, 2.75) is 105 Å². The molecule has 0 amide bonds. The Balaban J connectivity index is 1.65. The molecule has 196 valence electrons. The van der Waals surface area contributed by atoms with Gasteiger partial charge in [0.2, 0.25) is 0 Å². The Bertz CT molecular complexity index is 904. The molecule has 4 aliphatic rings. The molecule has 0 bridgehead atoms. The van der Waals surface area contributed by atoms with Gasteiger partial charge in [-0.05, 0) is 91.6 Å². The van der Waals surface area contributed by atoms with Gasteiger partial charge in [-0.3, -0.25) is 14.8 Å². The van der Waals surface area contributed by atoms with E-state index in [9.17, 15) is 14.8 Å². The van der Waals surface area contributed by atoms with Crippen LogP contribution in [0, 0.1) is 46.3 Å². The summed E-state index contributed by atoms with van der Waals surface area (Å²) < 4.78 is 5.51. The topological polar surface area (TPSA) is 72.8 Å². The minimum atomic E-state index is -0.803. The number of fused-ring (bicyclic) bond motifs is 5. The molecule has 4 rings (SSSR count). The van der Waals surface area contributed by atoms with Crippen LogP contribution in [-0.2, 0) is 19.2 Å². The molecule has 5 nitrogen and oxygen atoms in total. The van der Waals surface area contributed by atoms with Crippen molar-refractivity contribution in [3.8, 4) is 0 Å². The van der Waals surface area contributed by atoms with Crippen molar-refractivity contribution < 1.29 is 24.5 Å². The molecule has 0 aliphatic heterocycles. The summed E-state index contributed by atoms with van der Waals surface area (Å²) in [5, 5.41) is 10.5. The Morgan fingerprint density at radius 1 is 1.06 bits per heavy atom. The summed E-state index contributed by atoms with van der Waals surface area (Å²) in [7, 11) is 0. The number of hydrogen-bond acceptors (Lipinski definition) is 5. The Kier molecular flexibility index (Phi) is 7.18. The average Bonchev–Trinajstić information content (AvgIpc) is 3.11. The molecule has 35 heavy (non-hydrogen) atoms. The van der Waals surface area contributed by atoms with E-state index in [0.717, 1.165) is 44.1 Å². The van der Waals surface area contributed by atoms with E-state index in [1.165, 1.54) is 6.92 Å². The summed E-state index contributed by atoms with van der Waals surface area (Å²) in [5.41, 5.74) is -0.200. The zero-order valence-electron chi connectivity index (χ0n) is 22.8. The van der Waals surface area contributed by atoms with Gasteiger partial charge in [0.25, 0.3) is 0 Å². The highest BCUT2D eigenvalue weighted by Gasteiger charge is 2.68. The first-order chi connectivity index (χ1) is 16.4. The summed E-state index contributed by atoms with van der Waals surface area (Å²) in [6.45, 7) is 15.0. The maximum absolute atomic E-state index is 13.6. The first-order valence-corrected chi connectivity index (χ1v) is 13.8. The predicted octanol–water partition coefficient (Wildman–Crippen LogP) is 6.77. The molecule has 4 aliphatic carbocycles. The van der Waals surface area contributed by atoms with Crippen LogP contribution in [0.2, 0.25) is 0 Å². The van der Waals surface area contributed by atoms with E-state index in [1.807, 2.05) is 6.08 Å². The Morgan fingerprint density at radius 2 is 1.77 bits per heavy atom. The summed E-state index contributed by atoms with van der Waals surface area (Å²) in [6, 6.07) is 0. The van der Waals surface area contributed by atoms with Gasteiger partial charge in [0.05, 0.1) is 0 Å². The molecule has 0 saturated heterocycles. The molecule has 3 fully saturated rings. The van der Waals surface area contributed by atoms with Crippen LogP contribution in [0.4, 0.5) is 0 Å². The Hall–Kier alpha value is -1.46. The maximum Gasteiger partial charge on any atom is 0.302 e. The number of ketones is 1. The number of rotatable bonds is 6. The summed E-state index contributed by atoms with van der Waals surface area (Å²) in [5.74, 6) is 1.78. The normalized spacial score (nSPS) is 42.8. The van der Waals surface area contributed by atoms with Crippen LogP contribution in [0.5, 0.6) is 0 Å². The second-order valence-electron chi connectivity index (χ2n) is 13.0. The first kappa shape index (κ1) is 26.6. The lowest BCUT2D eigenvalue weighted by molar-refractivity contribution is -0.345. The SMILES string of the molecule is CC(=O)O[C@H]1CC[C@@]2(C)[C@@H](C1)C(=O)C=C1[C@@H]2CC[C@]2(C)[C@@H]([C@H](C)/C=C/[C@H](C)C(C)C)CC[C@@]12OO. The van der Waals surface area contributed by atoms with Crippen LogP contribution < -0.4 is 0 Å². The van der Waals surface area contributed by atoms with Gasteiger partial charge in [-0.25, -0.2) is 4.89 Å². The second kappa shape index (κ2) is 9.45. The largest absolute Gasteiger partial charge is 0.463 e. The van der Waals surface area contributed by atoms with Gasteiger partial charge in [-0.1, -0.05) is 53.7 Å². The van der Waals surface area contributed by atoms with Crippen molar-refractivity contribution >= 4 is 11.8 Å². The lowest BCUT2D eigenvalue weighted by Crippen LogP contribution is -2.60. The smallest absolute Gasteiger partial charge is 0.302 e. The van der Waals surface area contributed by atoms with E-state index in [0.29, 0.717) is 30.1 Å². The molecule has 9 atom stereocenters. The molecule has 0 unspecified atom stereocenters. The minimum absolute atomic E-state index is 0.110. The van der Waals surface area contributed by atoms with E-state index < -0.39 is 5.60 Å². The highest BCUT2D eigenvalue weighted by atomic mass is 17.1. The van der Waals surface area contributed by atoms with Gasteiger partial charge in [0.15, 0.2) is 5.78 Å². The fraction of sp³-hybridized carbons (Fsp3) is 0.800. The fourth-order valence-corrected chi connectivity index (χ4v) is 8.41. The van der Waals surface area contributed by atoms with Crippen LogP contribution in [0.3, 0.4) is 0 Å². The molecule has 0 aromatic heterocycles. The molecule has 0 radical (unpaired) electrons. The highest BCUT2D eigenvalue weighted by molar-refractivity contribution is 5.95. The van der Waals surface area contributed by atoms with E-state index in [1.54, 1.807) is 0 Å². The lowest BCUT2D eigenvalue weighted by Gasteiger charge is -2.60. The van der Waals surface area contributed by atoms with E-state index in [2.05, 4.69) is 53.7 Å². The number of carbonyl (C=O) groups is 2. The Labute approximate surface area is 211 Å². The van der Waals surface area contributed by atoms with Crippen molar-refractivity contribution in [2.24, 2.45) is 46.3 Å². The molecule has 0 aromatic carbocycles. The quantitative estimate of drug-likeness (QED) is 0.194. The van der Waals surface area contributed by atoms with Crippen LogP contribution >= 0.6 is 0 Å². The van der Waals surface area contributed by atoms with Crippen molar-refractivity contribution in [3.63, 3.8) is 0 Å². The Morgan fingerprint density at radius 3 is 2.40 bits per heavy atom. The fourth-order valence-electron chi connectivity index (χ4n) is 8.41. The monoisotopic (exact) mass is 486 g/mol. The third kappa shape index (κ3) is 4.15. The highest BCUT2D eigenvalue weighted by Crippen LogP contribution is 2.69. The molecule has 0 heterocycles. The summed E-state index contributed by atoms with van der Waals surface area (Å²) >= 11 is 0. The van der Waals surface area contributed by atoms with Crippen molar-refractivity contribution in [1.29, 1.82) is 0 Å². The molecule has 1 N–H and O–H groups in total. The maximum atomic E-state index is 13.6. The predicted molar refractivity (Wildman–Crippen MR) is 136 cm³/mol. The van der Waals surface area contributed by atoms with Gasteiger partial charge < -0.3 is 4.74 Å². The number of carbonyl (C=O) groups excluding carboxylic acids is 2. The van der Waals surface area contributed by atoms with Gasteiger partial charge in [0.1, 0.15) is 11.7 Å². The van der Waals surface area contributed by atoms with E-state index >= 15 is 0 Å². The average molecular weight is 487 g/mol. The van der Waals surface area contributed by atoms with Crippen LogP contribution in [-0.4, -0.2) is 28.7 Å². The van der Waals surface area contributed by atoms with E-state index in [4.69, 9.17) is 9.62 Å². The standard InChI is InChI=1S/C30H46O5/c1-18(2)19(3)8-9-20(4)23-12-15-30(35-33)25-17-27(32)26-16-22(34-21(5)31)10-13-28(26,6)24(25)11-14-29(23,30)7/h8-9,17-20,22-24,26,33H,10-16H2,1-7H3/b9-8+/t19-,20+,22-,23+,24-,26-,28+,29+,30+/m0/s1. The number of ether oxygens (including phenoxy) is 1. The second-order valence-corrected chi connectivity index (χ2v) is 13.0. The van der Waals surface area contributed by atoms with E-state index in [-0.39, 0.29) is 40.5 Å². The van der Waals surface area contributed by atoms with Crippen molar-refractivity contribution in [2.75, 3.05) is 0 Å². The molecule has 0 spiro atoms. The third-order valence-corrected chi connectivity index (χ3v) is 11.0. The number of esters is 1. The molecular formula is C30H46O5. The molecular weight excluding hydrogens is 440 g/mol. The summed E-state index contributed by atoms with van der Waals surface area (Å²) in [6.07, 6.45) is 12.3. The first-order valence-electron chi connectivity index (χ1n) is 13.8. The number of allylic oxidation sites excluding steroid dienone is 3. The molecule has 0 aromatic rings. The zero-order valence-corrected chi connectivity index (χ0v) is 22.8. The van der Waals surface area contributed by atoms with Gasteiger partial charge in [-0.15, -0.1) is 0 Å².